The highest BCUT2D eigenvalue weighted by Gasteiger charge is 2.30. The highest BCUT2D eigenvalue weighted by Crippen LogP contribution is 2.19. The molecular weight excluding hydrogens is 672 g/mol. The summed E-state index contributed by atoms with van der Waals surface area (Å²) in [7, 11) is 0. The van der Waals surface area contributed by atoms with E-state index in [0.717, 1.165) is 16.5 Å². The molecule has 4 aromatic rings. The Balaban J connectivity index is 1.53. The first-order valence-electron chi connectivity index (χ1n) is 16.4. The molecule has 0 bridgehead atoms. The first-order valence-corrected chi connectivity index (χ1v) is 16.4. The SMILES string of the molecule is NC(=O)[C@H](Cc1c[nH]c2ccccc12)NC(=O)[C@H](CCCN=C(N)N[N+](=O)[O-])NC(=O)[C@@H](Cc1ccccc1)NC(=O)[C@@H](N)Cc1ccc(O)cc1. The summed E-state index contributed by atoms with van der Waals surface area (Å²) in [5, 5.41) is 28.3. The summed E-state index contributed by atoms with van der Waals surface area (Å²) in [4.78, 5) is 71.1. The van der Waals surface area contributed by atoms with Gasteiger partial charge in [-0.2, -0.15) is 0 Å². The molecule has 0 saturated carbocycles. The molecule has 0 aliphatic carbocycles. The third-order valence-electron chi connectivity index (χ3n) is 8.18. The van der Waals surface area contributed by atoms with Gasteiger partial charge in [-0.05, 0) is 54.2 Å². The van der Waals surface area contributed by atoms with Crippen LogP contribution in [0.2, 0.25) is 0 Å². The number of rotatable bonds is 18. The fourth-order valence-corrected chi connectivity index (χ4v) is 5.50. The minimum atomic E-state index is -1.25. The van der Waals surface area contributed by atoms with Crippen molar-refractivity contribution in [2.24, 2.45) is 22.2 Å². The number of aliphatic imine (C=N–C) groups is 1. The molecule has 3 aromatic carbocycles. The summed E-state index contributed by atoms with van der Waals surface area (Å²) in [5.41, 5.74) is 22.1. The van der Waals surface area contributed by atoms with E-state index < -0.39 is 58.8 Å². The number of hydrazine groups is 1. The Morgan fingerprint density at radius 3 is 2.10 bits per heavy atom. The molecule has 12 N–H and O–H groups in total. The number of aromatic amines is 1. The summed E-state index contributed by atoms with van der Waals surface area (Å²) in [6.07, 6.45) is 2.06. The topological polar surface area (TPSA) is 286 Å². The summed E-state index contributed by atoms with van der Waals surface area (Å²) >= 11 is 0. The number of amides is 4. The van der Waals surface area contributed by atoms with Crippen molar-refractivity contribution in [3.63, 3.8) is 0 Å². The number of para-hydroxylation sites is 1. The number of nitro groups is 1. The van der Waals surface area contributed by atoms with E-state index in [0.29, 0.717) is 11.1 Å². The molecule has 1 aromatic heterocycles. The van der Waals surface area contributed by atoms with Crippen LogP contribution >= 0.6 is 0 Å². The van der Waals surface area contributed by atoms with Gasteiger partial charge in [-0.3, -0.25) is 19.2 Å². The van der Waals surface area contributed by atoms with Crippen molar-refractivity contribution < 1.29 is 29.3 Å². The number of primary amides is 1. The molecule has 52 heavy (non-hydrogen) atoms. The summed E-state index contributed by atoms with van der Waals surface area (Å²) in [6, 6.07) is 17.9. The van der Waals surface area contributed by atoms with Gasteiger partial charge < -0.3 is 43.2 Å². The highest BCUT2D eigenvalue weighted by atomic mass is 16.7. The van der Waals surface area contributed by atoms with E-state index in [9.17, 15) is 34.4 Å². The molecule has 0 saturated heterocycles. The number of benzene rings is 3. The van der Waals surface area contributed by atoms with Gasteiger partial charge in [0.25, 0.3) is 5.96 Å². The number of phenolic OH excluding ortho intramolecular Hbond substituents is 1. The van der Waals surface area contributed by atoms with Gasteiger partial charge in [0.1, 0.15) is 23.9 Å². The lowest BCUT2D eigenvalue weighted by atomic mass is 10.0. The first kappa shape index (κ1) is 38.3. The minimum Gasteiger partial charge on any atom is -0.508 e. The van der Waals surface area contributed by atoms with E-state index in [2.05, 4.69) is 25.9 Å². The van der Waals surface area contributed by atoms with Crippen molar-refractivity contribution >= 4 is 40.5 Å². The number of phenols is 1. The Hall–Kier alpha value is -6.49. The van der Waals surface area contributed by atoms with Gasteiger partial charge in [0, 0.05) is 36.5 Å². The predicted molar refractivity (Wildman–Crippen MR) is 193 cm³/mol. The fraction of sp³-hybridized carbons (Fsp3) is 0.286. The van der Waals surface area contributed by atoms with Gasteiger partial charge in [0.2, 0.25) is 23.6 Å². The lowest BCUT2D eigenvalue weighted by Gasteiger charge is -2.25. The lowest BCUT2D eigenvalue weighted by molar-refractivity contribution is -0.525. The molecule has 4 rings (SSSR count). The number of hydrogen-bond acceptors (Lipinski definition) is 9. The van der Waals surface area contributed by atoms with Crippen LogP contribution in [0, 0.1) is 10.1 Å². The Kier molecular flexibility index (Phi) is 13.6. The molecule has 1 heterocycles. The molecule has 0 radical (unpaired) electrons. The van der Waals surface area contributed by atoms with Crippen LogP contribution in [0.25, 0.3) is 10.9 Å². The van der Waals surface area contributed by atoms with E-state index in [1.165, 1.54) is 12.1 Å². The Bertz CT molecular complexity index is 1880. The quantitative estimate of drug-likeness (QED) is 0.0219. The normalized spacial score (nSPS) is 13.7. The van der Waals surface area contributed by atoms with Gasteiger partial charge >= 0.3 is 0 Å². The van der Waals surface area contributed by atoms with Crippen LogP contribution in [0.5, 0.6) is 5.75 Å². The summed E-state index contributed by atoms with van der Waals surface area (Å²) < 4.78 is 0. The van der Waals surface area contributed by atoms with Crippen LogP contribution in [0.4, 0.5) is 0 Å². The number of aromatic nitrogens is 1. The van der Waals surface area contributed by atoms with E-state index in [4.69, 9.17) is 17.2 Å². The Morgan fingerprint density at radius 2 is 1.40 bits per heavy atom. The minimum absolute atomic E-state index is 0.0300. The van der Waals surface area contributed by atoms with Gasteiger partial charge in [-0.25, -0.2) is 15.1 Å². The van der Waals surface area contributed by atoms with Crippen LogP contribution in [0.15, 0.2) is 90.1 Å². The molecule has 4 atom stereocenters. The number of nitrogens with one attached hydrogen (secondary N) is 5. The molecule has 0 aliphatic rings. The molecule has 4 amide bonds. The Labute approximate surface area is 298 Å². The van der Waals surface area contributed by atoms with E-state index in [1.807, 2.05) is 24.3 Å². The zero-order valence-corrected chi connectivity index (χ0v) is 28.2. The number of nitrogens with zero attached hydrogens (tertiary/aromatic N) is 2. The summed E-state index contributed by atoms with van der Waals surface area (Å²) in [6.45, 7) is -0.0444. The zero-order valence-electron chi connectivity index (χ0n) is 28.2. The molecule has 0 unspecified atom stereocenters. The van der Waals surface area contributed by atoms with Crippen LogP contribution < -0.4 is 38.6 Å². The number of aromatic hydroxyl groups is 1. The lowest BCUT2D eigenvalue weighted by Crippen LogP contribution is -2.58. The van der Waals surface area contributed by atoms with Crippen molar-refractivity contribution in [2.75, 3.05) is 6.54 Å². The van der Waals surface area contributed by atoms with Crippen molar-refractivity contribution in [3.05, 3.63) is 112 Å². The Morgan fingerprint density at radius 1 is 0.788 bits per heavy atom. The predicted octanol–water partition coefficient (Wildman–Crippen LogP) is 0.0446. The molecule has 17 nitrogen and oxygen atoms in total. The number of guanidine groups is 1. The molecule has 0 aliphatic heterocycles. The van der Waals surface area contributed by atoms with Crippen LogP contribution in [-0.2, 0) is 38.4 Å². The number of carbonyl (C=O) groups is 4. The van der Waals surface area contributed by atoms with Crippen molar-refractivity contribution in [1.29, 1.82) is 0 Å². The van der Waals surface area contributed by atoms with Crippen molar-refractivity contribution in [2.45, 2.75) is 56.3 Å². The standard InChI is InChI=1S/C35H42N10O7/c36-26(17-22-12-14-24(46)15-13-22)32(48)43-30(18-21-7-2-1-3-8-21)34(50)41-28(11-6-16-39-35(38)44-45(51)52)33(49)42-29(31(37)47)19-23-20-40-27-10-5-4-9-25(23)27/h1-5,7-10,12-15,20,26,28-30,40,46H,6,11,16-19,36H2,(H2,37,47)(H,41,50)(H,42,49)(H,43,48)(H3,38,39,44)/t26-,28-,29-,30+/m0/s1. The number of fused-ring (bicyclic) bond motifs is 1. The smallest absolute Gasteiger partial charge is 0.251 e. The van der Waals surface area contributed by atoms with Crippen LogP contribution in [-0.4, -0.2) is 75.4 Å². The third-order valence-corrected chi connectivity index (χ3v) is 8.18. The first-order chi connectivity index (χ1) is 24.9. The highest BCUT2D eigenvalue weighted by molar-refractivity contribution is 5.95. The van der Waals surface area contributed by atoms with Crippen LogP contribution in [0.3, 0.4) is 0 Å². The molecule has 17 heteroatoms. The maximum atomic E-state index is 13.9. The number of H-pyrrole nitrogens is 1. The average Bonchev–Trinajstić information content (AvgIpc) is 3.52. The third kappa shape index (κ3) is 11.5. The maximum Gasteiger partial charge on any atom is 0.251 e. The maximum absolute atomic E-state index is 13.9. The van der Waals surface area contributed by atoms with E-state index in [-0.39, 0.29) is 44.4 Å². The van der Waals surface area contributed by atoms with Gasteiger partial charge in [0.05, 0.1) is 6.04 Å². The van der Waals surface area contributed by atoms with Gasteiger partial charge in [-0.1, -0.05) is 66.1 Å². The largest absolute Gasteiger partial charge is 0.508 e. The van der Waals surface area contributed by atoms with Gasteiger partial charge in [0.15, 0.2) is 5.03 Å². The van der Waals surface area contributed by atoms with Crippen molar-refractivity contribution in [3.8, 4) is 5.75 Å². The second-order valence-corrected chi connectivity index (χ2v) is 12.1. The molecule has 274 valence electrons. The molecule has 0 spiro atoms. The summed E-state index contributed by atoms with van der Waals surface area (Å²) in [5.74, 6) is -3.25. The second-order valence-electron chi connectivity index (χ2n) is 12.1. The second kappa shape index (κ2) is 18.5. The molecule has 0 fully saturated rings. The van der Waals surface area contributed by atoms with Gasteiger partial charge in [-0.15, -0.1) is 0 Å². The fourth-order valence-electron chi connectivity index (χ4n) is 5.50. The number of carbonyl (C=O) groups excluding carboxylic acids is 4. The van der Waals surface area contributed by atoms with Crippen LogP contribution in [0.1, 0.15) is 29.5 Å². The number of nitrogens with two attached hydrogens (primary N) is 3. The zero-order chi connectivity index (χ0) is 37.6. The van der Waals surface area contributed by atoms with Crippen molar-refractivity contribution in [1.82, 2.24) is 26.4 Å². The van der Waals surface area contributed by atoms with E-state index >= 15 is 0 Å². The average molecular weight is 715 g/mol. The number of hydrogen-bond donors (Lipinski definition) is 9. The monoisotopic (exact) mass is 714 g/mol. The van der Waals surface area contributed by atoms with E-state index in [1.54, 1.807) is 54.1 Å². The molecular formula is C35H42N10O7.